The summed E-state index contributed by atoms with van der Waals surface area (Å²) < 4.78 is 7.59. The van der Waals surface area contributed by atoms with Crippen LogP contribution in [-0.2, 0) is 11.3 Å². The minimum absolute atomic E-state index is 0.0718. The molecular formula is C21H23ClN4O2S. The van der Waals surface area contributed by atoms with Crippen molar-refractivity contribution < 1.29 is 9.53 Å². The fourth-order valence-electron chi connectivity index (χ4n) is 2.75. The van der Waals surface area contributed by atoms with Crippen LogP contribution in [0.2, 0.25) is 5.02 Å². The van der Waals surface area contributed by atoms with Gasteiger partial charge in [0.1, 0.15) is 12.4 Å². The Morgan fingerprint density at radius 2 is 2.00 bits per heavy atom. The van der Waals surface area contributed by atoms with Gasteiger partial charge in [0.05, 0.1) is 12.3 Å². The number of thioether (sulfide) groups is 1. The average molecular weight is 431 g/mol. The quantitative estimate of drug-likeness (QED) is 0.406. The molecule has 0 aliphatic rings. The Morgan fingerprint density at radius 1 is 1.21 bits per heavy atom. The first-order valence-corrected chi connectivity index (χ1v) is 10.7. The lowest BCUT2D eigenvalue weighted by Crippen LogP contribution is -2.29. The SMILES string of the molecule is CCn1c(SCC(=O)NCCOc2ccc(Cl)cc2)nnc1-c1cccc(C)c1. The second kappa shape index (κ2) is 10.3. The second-order valence-corrected chi connectivity index (χ2v) is 7.74. The van der Waals surface area contributed by atoms with Crippen LogP contribution in [0.15, 0.2) is 53.7 Å². The van der Waals surface area contributed by atoms with Gasteiger partial charge >= 0.3 is 0 Å². The molecule has 3 aromatic rings. The molecule has 0 unspecified atom stereocenters. The molecule has 29 heavy (non-hydrogen) atoms. The van der Waals surface area contributed by atoms with Crippen LogP contribution in [0.1, 0.15) is 12.5 Å². The van der Waals surface area contributed by atoms with E-state index in [4.69, 9.17) is 16.3 Å². The molecule has 0 aliphatic heterocycles. The zero-order chi connectivity index (χ0) is 20.6. The number of rotatable bonds is 9. The van der Waals surface area contributed by atoms with Gasteiger partial charge in [0.2, 0.25) is 5.91 Å². The maximum atomic E-state index is 12.1. The van der Waals surface area contributed by atoms with E-state index in [1.807, 2.05) is 36.6 Å². The first-order chi connectivity index (χ1) is 14.1. The number of hydrogen-bond donors (Lipinski definition) is 1. The van der Waals surface area contributed by atoms with Crippen molar-refractivity contribution in [2.24, 2.45) is 0 Å². The van der Waals surface area contributed by atoms with Crippen LogP contribution < -0.4 is 10.1 Å². The Labute approximate surface area is 179 Å². The molecule has 0 aliphatic carbocycles. The summed E-state index contributed by atoms with van der Waals surface area (Å²) in [5.41, 5.74) is 2.19. The molecule has 152 valence electrons. The van der Waals surface area contributed by atoms with Gasteiger partial charge in [-0.2, -0.15) is 0 Å². The molecule has 1 aromatic heterocycles. The van der Waals surface area contributed by atoms with Gasteiger partial charge in [0.25, 0.3) is 0 Å². The highest BCUT2D eigenvalue weighted by Crippen LogP contribution is 2.24. The van der Waals surface area contributed by atoms with E-state index in [1.165, 1.54) is 17.3 Å². The fourth-order valence-corrected chi connectivity index (χ4v) is 3.71. The van der Waals surface area contributed by atoms with E-state index in [0.29, 0.717) is 18.2 Å². The van der Waals surface area contributed by atoms with Crippen LogP contribution in [0.3, 0.4) is 0 Å². The minimum atomic E-state index is -0.0718. The summed E-state index contributed by atoms with van der Waals surface area (Å²) in [6.07, 6.45) is 0. The van der Waals surface area contributed by atoms with Gasteiger partial charge in [-0.15, -0.1) is 10.2 Å². The minimum Gasteiger partial charge on any atom is -0.492 e. The van der Waals surface area contributed by atoms with Gasteiger partial charge in [-0.25, -0.2) is 0 Å². The number of nitrogens with zero attached hydrogens (tertiary/aromatic N) is 3. The number of aryl methyl sites for hydroxylation is 1. The van der Waals surface area contributed by atoms with Crippen molar-refractivity contribution in [2.75, 3.05) is 18.9 Å². The third-order valence-electron chi connectivity index (χ3n) is 4.15. The second-order valence-electron chi connectivity index (χ2n) is 6.36. The summed E-state index contributed by atoms with van der Waals surface area (Å²) in [4.78, 5) is 12.1. The number of amides is 1. The summed E-state index contributed by atoms with van der Waals surface area (Å²) in [6, 6.07) is 15.3. The topological polar surface area (TPSA) is 69.0 Å². The fraction of sp³-hybridized carbons (Fsp3) is 0.286. The first-order valence-electron chi connectivity index (χ1n) is 9.35. The standard InChI is InChI=1S/C21H23ClN4O2S/c1-3-26-20(16-6-4-5-15(2)13-16)24-25-21(26)29-14-19(27)23-11-12-28-18-9-7-17(22)8-10-18/h4-10,13H,3,11-12,14H2,1-2H3,(H,23,27). The summed E-state index contributed by atoms with van der Waals surface area (Å²) in [6.45, 7) is 5.64. The van der Waals surface area contributed by atoms with E-state index in [1.54, 1.807) is 24.3 Å². The smallest absolute Gasteiger partial charge is 0.230 e. The van der Waals surface area contributed by atoms with Crippen molar-refractivity contribution in [2.45, 2.75) is 25.5 Å². The van der Waals surface area contributed by atoms with E-state index < -0.39 is 0 Å². The molecule has 8 heteroatoms. The molecule has 6 nitrogen and oxygen atoms in total. The number of nitrogens with one attached hydrogen (secondary N) is 1. The van der Waals surface area contributed by atoms with Crippen molar-refractivity contribution in [1.82, 2.24) is 20.1 Å². The van der Waals surface area contributed by atoms with Crippen molar-refractivity contribution in [3.05, 3.63) is 59.1 Å². The number of aromatic nitrogens is 3. The molecule has 0 saturated heterocycles. The molecule has 0 saturated carbocycles. The molecular weight excluding hydrogens is 408 g/mol. The summed E-state index contributed by atoms with van der Waals surface area (Å²) in [7, 11) is 0. The van der Waals surface area contributed by atoms with E-state index in [9.17, 15) is 4.79 Å². The third-order valence-corrected chi connectivity index (χ3v) is 5.37. The van der Waals surface area contributed by atoms with E-state index in [0.717, 1.165) is 28.8 Å². The predicted molar refractivity (Wildman–Crippen MR) is 117 cm³/mol. The zero-order valence-electron chi connectivity index (χ0n) is 16.4. The lowest BCUT2D eigenvalue weighted by atomic mass is 10.1. The molecule has 0 bridgehead atoms. The Balaban J connectivity index is 1.48. The molecule has 2 aromatic carbocycles. The summed E-state index contributed by atoms with van der Waals surface area (Å²) in [5, 5.41) is 12.8. The Bertz CT molecular complexity index is 960. The Hall–Kier alpha value is -2.51. The van der Waals surface area contributed by atoms with Gasteiger partial charge in [0.15, 0.2) is 11.0 Å². The largest absolute Gasteiger partial charge is 0.492 e. The molecule has 0 atom stereocenters. The number of ether oxygens (including phenoxy) is 1. The molecule has 0 spiro atoms. The number of carbonyl (C=O) groups is 1. The van der Waals surface area contributed by atoms with Crippen LogP contribution in [0.25, 0.3) is 11.4 Å². The first kappa shape index (κ1) is 21.2. The number of benzene rings is 2. The highest BCUT2D eigenvalue weighted by atomic mass is 35.5. The number of carbonyl (C=O) groups excluding carboxylic acids is 1. The summed E-state index contributed by atoms with van der Waals surface area (Å²) in [5.74, 6) is 1.73. The maximum absolute atomic E-state index is 12.1. The average Bonchev–Trinajstić information content (AvgIpc) is 3.14. The highest BCUT2D eigenvalue weighted by Gasteiger charge is 2.14. The molecule has 1 heterocycles. The zero-order valence-corrected chi connectivity index (χ0v) is 18.0. The third kappa shape index (κ3) is 5.98. The highest BCUT2D eigenvalue weighted by molar-refractivity contribution is 7.99. The monoisotopic (exact) mass is 430 g/mol. The lowest BCUT2D eigenvalue weighted by molar-refractivity contribution is -0.118. The van der Waals surface area contributed by atoms with Crippen molar-refractivity contribution in [1.29, 1.82) is 0 Å². The molecule has 3 rings (SSSR count). The predicted octanol–water partition coefficient (Wildman–Crippen LogP) is 4.21. The van der Waals surface area contributed by atoms with E-state index >= 15 is 0 Å². The van der Waals surface area contributed by atoms with E-state index in [2.05, 4.69) is 21.6 Å². The van der Waals surface area contributed by atoms with Crippen LogP contribution in [0.4, 0.5) is 0 Å². The van der Waals surface area contributed by atoms with Crippen LogP contribution in [-0.4, -0.2) is 39.6 Å². The molecule has 1 amide bonds. The van der Waals surface area contributed by atoms with Crippen molar-refractivity contribution in [3.63, 3.8) is 0 Å². The molecule has 0 fully saturated rings. The molecule has 0 radical (unpaired) electrons. The van der Waals surface area contributed by atoms with Gasteiger partial charge in [0, 0.05) is 17.1 Å². The Morgan fingerprint density at radius 3 is 2.72 bits per heavy atom. The lowest BCUT2D eigenvalue weighted by Gasteiger charge is -2.09. The number of hydrogen-bond acceptors (Lipinski definition) is 5. The van der Waals surface area contributed by atoms with Crippen molar-refractivity contribution in [3.8, 4) is 17.1 Å². The Kier molecular flexibility index (Phi) is 7.55. The van der Waals surface area contributed by atoms with Gasteiger partial charge < -0.3 is 14.6 Å². The van der Waals surface area contributed by atoms with Gasteiger partial charge in [-0.1, -0.05) is 47.1 Å². The van der Waals surface area contributed by atoms with Gasteiger partial charge in [-0.05, 0) is 44.2 Å². The van der Waals surface area contributed by atoms with Crippen LogP contribution in [0, 0.1) is 6.92 Å². The van der Waals surface area contributed by atoms with Crippen LogP contribution >= 0.6 is 23.4 Å². The van der Waals surface area contributed by atoms with Crippen molar-refractivity contribution >= 4 is 29.3 Å². The normalized spacial score (nSPS) is 10.7. The van der Waals surface area contributed by atoms with Crippen LogP contribution in [0.5, 0.6) is 5.75 Å². The van der Waals surface area contributed by atoms with E-state index in [-0.39, 0.29) is 11.7 Å². The van der Waals surface area contributed by atoms with Gasteiger partial charge in [-0.3, -0.25) is 4.79 Å². The maximum Gasteiger partial charge on any atom is 0.230 e. The summed E-state index contributed by atoms with van der Waals surface area (Å²) >= 11 is 7.22. The number of halogens is 1. The molecule has 1 N–H and O–H groups in total.